The van der Waals surface area contributed by atoms with Crippen LogP contribution in [0.4, 0.5) is 5.69 Å². The van der Waals surface area contributed by atoms with Crippen LogP contribution in [0.5, 0.6) is 0 Å². The fraction of sp³-hybridized carbons (Fsp3) is 0.125. The summed E-state index contributed by atoms with van der Waals surface area (Å²) in [4.78, 5) is 11.0. The highest BCUT2D eigenvalue weighted by molar-refractivity contribution is 9.10. The van der Waals surface area contributed by atoms with Crippen molar-refractivity contribution in [3.63, 3.8) is 0 Å². The van der Waals surface area contributed by atoms with Crippen molar-refractivity contribution in [2.75, 3.05) is 10.6 Å². The third-order valence-corrected chi connectivity index (χ3v) is 3.05. The lowest BCUT2D eigenvalue weighted by Gasteiger charge is -2.03. The molecule has 0 fully saturated rings. The smallest absolute Gasteiger partial charge is 0.235 e. The molecule has 1 rings (SSSR count). The van der Waals surface area contributed by atoms with Crippen molar-refractivity contribution >= 4 is 55.1 Å². The van der Waals surface area contributed by atoms with Crippen LogP contribution in [0.3, 0.4) is 0 Å². The maximum atomic E-state index is 11.0. The number of carbonyl (C=O) groups excluding carboxylic acids is 1. The number of carbonyl (C=O) groups is 1. The molecular weight excluding hydrogens is 321 g/mol. The minimum atomic E-state index is -0.0887. The second-order valence-electron chi connectivity index (χ2n) is 2.31. The molecule has 1 amide bonds. The van der Waals surface area contributed by atoms with E-state index in [1.807, 2.05) is 0 Å². The summed E-state index contributed by atoms with van der Waals surface area (Å²) in [5, 5.41) is 3.59. The number of hydrogen-bond acceptors (Lipinski definition) is 1. The first-order chi connectivity index (χ1) is 6.13. The summed E-state index contributed by atoms with van der Waals surface area (Å²) in [5.74, 6) is -0.0887. The molecular formula is C8H6Br2ClNO. The molecule has 13 heavy (non-hydrogen) atoms. The van der Waals surface area contributed by atoms with Crippen molar-refractivity contribution in [3.05, 3.63) is 27.7 Å². The first-order valence-electron chi connectivity index (χ1n) is 3.44. The van der Waals surface area contributed by atoms with Gasteiger partial charge in [-0.05, 0) is 34.1 Å². The van der Waals surface area contributed by atoms with E-state index in [9.17, 15) is 4.79 Å². The average molecular weight is 327 g/mol. The molecule has 0 bridgehead atoms. The number of anilines is 1. The quantitative estimate of drug-likeness (QED) is 0.829. The van der Waals surface area contributed by atoms with Crippen LogP contribution < -0.4 is 5.32 Å². The van der Waals surface area contributed by atoms with E-state index < -0.39 is 0 Å². The van der Waals surface area contributed by atoms with Gasteiger partial charge in [0.15, 0.2) is 0 Å². The fourth-order valence-corrected chi connectivity index (χ4v) is 1.40. The van der Waals surface area contributed by atoms with E-state index in [2.05, 4.69) is 37.2 Å². The van der Waals surface area contributed by atoms with Gasteiger partial charge in [0.25, 0.3) is 0 Å². The summed E-state index contributed by atoms with van der Waals surface area (Å²) in [6.45, 7) is 0. The van der Waals surface area contributed by atoms with E-state index in [1.165, 1.54) is 0 Å². The van der Waals surface area contributed by atoms with Gasteiger partial charge in [-0.25, -0.2) is 0 Å². The predicted octanol–water partition coefficient (Wildman–Crippen LogP) is 3.44. The topological polar surface area (TPSA) is 29.1 Å². The number of benzene rings is 1. The minimum absolute atomic E-state index is 0.0887. The Kier molecular flexibility index (Phi) is 4.22. The molecule has 0 spiro atoms. The molecule has 0 aliphatic carbocycles. The third-order valence-electron chi connectivity index (χ3n) is 1.32. The summed E-state index contributed by atoms with van der Waals surface area (Å²) < 4.78 is 0.765. The van der Waals surface area contributed by atoms with Crippen molar-refractivity contribution in [2.24, 2.45) is 0 Å². The van der Waals surface area contributed by atoms with Crippen molar-refractivity contribution in [2.45, 2.75) is 0 Å². The highest BCUT2D eigenvalue weighted by atomic mass is 79.9. The number of halogens is 3. The zero-order chi connectivity index (χ0) is 9.84. The van der Waals surface area contributed by atoms with Crippen molar-refractivity contribution in [1.29, 1.82) is 0 Å². The van der Waals surface area contributed by atoms with Crippen LogP contribution in [0.2, 0.25) is 5.02 Å². The fourth-order valence-electron chi connectivity index (χ4n) is 0.768. The lowest BCUT2D eigenvalue weighted by molar-refractivity contribution is -0.113. The Bertz CT molecular complexity index is 330. The van der Waals surface area contributed by atoms with Gasteiger partial charge in [0.05, 0.1) is 10.4 Å². The van der Waals surface area contributed by atoms with Crippen LogP contribution in [0, 0.1) is 0 Å². The summed E-state index contributed by atoms with van der Waals surface area (Å²) >= 11 is 12.1. The predicted molar refractivity (Wildman–Crippen MR) is 61.6 cm³/mol. The van der Waals surface area contributed by atoms with Gasteiger partial charge >= 0.3 is 0 Å². The molecule has 70 valence electrons. The molecule has 0 radical (unpaired) electrons. The average Bonchev–Trinajstić information content (AvgIpc) is 2.11. The second kappa shape index (κ2) is 4.98. The van der Waals surface area contributed by atoms with Crippen LogP contribution in [0.25, 0.3) is 0 Å². The van der Waals surface area contributed by atoms with E-state index in [0.717, 1.165) is 10.2 Å². The third kappa shape index (κ3) is 3.29. The van der Waals surface area contributed by atoms with Crippen LogP contribution in [-0.2, 0) is 4.79 Å². The van der Waals surface area contributed by atoms with Gasteiger partial charge in [-0.3, -0.25) is 4.79 Å². The SMILES string of the molecule is O=C(CBr)Nc1ccc(Cl)c(Br)c1. The number of alkyl halides is 1. The summed E-state index contributed by atoms with van der Waals surface area (Å²) in [6.07, 6.45) is 0. The molecule has 0 unspecified atom stereocenters. The van der Waals surface area contributed by atoms with Gasteiger partial charge in [-0.2, -0.15) is 0 Å². The maximum Gasteiger partial charge on any atom is 0.235 e. The number of hydrogen-bond donors (Lipinski definition) is 1. The first kappa shape index (κ1) is 11.0. The van der Waals surface area contributed by atoms with Crippen LogP contribution >= 0.6 is 43.5 Å². The van der Waals surface area contributed by atoms with Crippen LogP contribution in [-0.4, -0.2) is 11.2 Å². The monoisotopic (exact) mass is 325 g/mol. The maximum absolute atomic E-state index is 11.0. The second-order valence-corrected chi connectivity index (χ2v) is 4.13. The standard InChI is InChI=1S/C8H6Br2ClNO/c9-4-8(13)12-5-1-2-7(11)6(10)3-5/h1-3H,4H2,(H,12,13). The normalized spacial score (nSPS) is 9.77. The van der Waals surface area contributed by atoms with Gasteiger partial charge in [0.1, 0.15) is 0 Å². The zero-order valence-electron chi connectivity index (χ0n) is 6.48. The summed E-state index contributed by atoms with van der Waals surface area (Å²) in [5.41, 5.74) is 0.723. The minimum Gasteiger partial charge on any atom is -0.325 e. The molecule has 1 N–H and O–H groups in total. The number of amides is 1. The molecule has 1 aromatic carbocycles. The van der Waals surface area contributed by atoms with Gasteiger partial charge in [-0.1, -0.05) is 27.5 Å². The summed E-state index contributed by atoms with van der Waals surface area (Å²) in [6, 6.07) is 5.21. The van der Waals surface area contributed by atoms with E-state index >= 15 is 0 Å². The van der Waals surface area contributed by atoms with Crippen molar-refractivity contribution in [3.8, 4) is 0 Å². The molecule has 2 nitrogen and oxygen atoms in total. The Morgan fingerprint density at radius 2 is 2.23 bits per heavy atom. The van der Waals surface area contributed by atoms with Crippen LogP contribution in [0.1, 0.15) is 0 Å². The van der Waals surface area contributed by atoms with E-state index in [0.29, 0.717) is 5.02 Å². The molecule has 0 atom stereocenters. The Morgan fingerprint density at radius 1 is 1.54 bits per heavy atom. The molecule has 0 aliphatic rings. The Hall–Kier alpha value is -0.0600. The Balaban J connectivity index is 2.79. The molecule has 0 heterocycles. The largest absolute Gasteiger partial charge is 0.325 e. The molecule has 0 saturated heterocycles. The number of nitrogens with one attached hydrogen (secondary N) is 1. The lowest BCUT2D eigenvalue weighted by atomic mass is 10.3. The molecule has 0 aliphatic heterocycles. The zero-order valence-corrected chi connectivity index (χ0v) is 10.4. The van der Waals surface area contributed by atoms with Gasteiger partial charge < -0.3 is 5.32 Å². The van der Waals surface area contributed by atoms with E-state index in [-0.39, 0.29) is 11.2 Å². The van der Waals surface area contributed by atoms with Crippen molar-refractivity contribution in [1.82, 2.24) is 0 Å². The first-order valence-corrected chi connectivity index (χ1v) is 5.73. The molecule has 0 aromatic heterocycles. The highest BCUT2D eigenvalue weighted by Gasteiger charge is 2.01. The molecule has 0 saturated carbocycles. The van der Waals surface area contributed by atoms with Gasteiger partial charge in [0, 0.05) is 10.2 Å². The van der Waals surface area contributed by atoms with E-state index in [4.69, 9.17) is 11.6 Å². The van der Waals surface area contributed by atoms with Crippen molar-refractivity contribution < 1.29 is 4.79 Å². The molecule has 1 aromatic rings. The van der Waals surface area contributed by atoms with Gasteiger partial charge in [-0.15, -0.1) is 0 Å². The van der Waals surface area contributed by atoms with Crippen LogP contribution in [0.15, 0.2) is 22.7 Å². The Morgan fingerprint density at radius 3 is 2.77 bits per heavy atom. The lowest BCUT2D eigenvalue weighted by Crippen LogP contribution is -2.11. The summed E-state index contributed by atoms with van der Waals surface area (Å²) in [7, 11) is 0. The Labute approximate surface area is 97.9 Å². The van der Waals surface area contributed by atoms with Gasteiger partial charge in [0.2, 0.25) is 5.91 Å². The number of rotatable bonds is 2. The van der Waals surface area contributed by atoms with E-state index in [1.54, 1.807) is 18.2 Å². The highest BCUT2D eigenvalue weighted by Crippen LogP contribution is 2.25. The molecule has 5 heteroatoms.